The van der Waals surface area contributed by atoms with Gasteiger partial charge in [-0.3, -0.25) is 0 Å². The lowest BCUT2D eigenvalue weighted by atomic mass is 10.2. The van der Waals surface area contributed by atoms with Crippen molar-refractivity contribution in [3.63, 3.8) is 0 Å². The summed E-state index contributed by atoms with van der Waals surface area (Å²) >= 11 is 0. The number of phenolic OH excluding ortho intramolecular Hbond substituents is 1. The molecule has 0 aliphatic rings. The summed E-state index contributed by atoms with van der Waals surface area (Å²) in [5.41, 5.74) is 8.61. The van der Waals surface area contributed by atoms with E-state index in [-0.39, 0.29) is 11.4 Å². The van der Waals surface area contributed by atoms with E-state index in [1.54, 1.807) is 6.07 Å². The van der Waals surface area contributed by atoms with Gasteiger partial charge < -0.3 is 22.1 Å². The van der Waals surface area contributed by atoms with Crippen LogP contribution in [0.5, 0.6) is 5.75 Å². The second-order valence-corrected chi connectivity index (χ2v) is 2.40. The van der Waals surface area contributed by atoms with Crippen LogP contribution in [-0.4, -0.2) is 10.9 Å². The van der Waals surface area contributed by atoms with Gasteiger partial charge in [-0.1, -0.05) is 0 Å². The van der Waals surface area contributed by atoms with Crippen LogP contribution in [0.15, 0.2) is 23.3 Å². The highest BCUT2D eigenvalue weighted by atomic mass is 16.3. The highest BCUT2D eigenvalue weighted by Gasteiger charge is 2.03. The van der Waals surface area contributed by atoms with E-state index in [9.17, 15) is 0 Å². The summed E-state index contributed by atoms with van der Waals surface area (Å²) in [6.45, 7) is 0. The number of hydrazone groups is 1. The molecule has 0 bridgehead atoms. The van der Waals surface area contributed by atoms with Crippen molar-refractivity contribution in [2.24, 2.45) is 16.8 Å². The third kappa shape index (κ3) is 1.79. The van der Waals surface area contributed by atoms with E-state index in [0.717, 1.165) is 0 Å². The Bertz CT molecular complexity index is 336. The molecule has 6 heteroatoms. The van der Waals surface area contributed by atoms with Crippen LogP contribution in [0.3, 0.4) is 0 Å². The molecule has 0 fully saturated rings. The van der Waals surface area contributed by atoms with Gasteiger partial charge in [-0.15, -0.1) is 0 Å². The van der Waals surface area contributed by atoms with Gasteiger partial charge in [0.1, 0.15) is 5.75 Å². The SMILES string of the molecule is N/N=C(\NN)c1ccc(O)c(N)c1. The Morgan fingerprint density at radius 2 is 2.15 bits per heavy atom. The maximum absolute atomic E-state index is 9.12. The zero-order valence-electron chi connectivity index (χ0n) is 6.86. The van der Waals surface area contributed by atoms with E-state index in [4.69, 9.17) is 22.5 Å². The van der Waals surface area contributed by atoms with Crippen molar-refractivity contribution in [3.8, 4) is 5.75 Å². The van der Waals surface area contributed by atoms with E-state index >= 15 is 0 Å². The predicted molar refractivity (Wildman–Crippen MR) is 50.6 cm³/mol. The van der Waals surface area contributed by atoms with Crippen molar-refractivity contribution < 1.29 is 5.11 Å². The van der Waals surface area contributed by atoms with Gasteiger partial charge in [0.05, 0.1) is 5.69 Å². The highest BCUT2D eigenvalue weighted by Crippen LogP contribution is 2.20. The molecular formula is C7H11N5O. The summed E-state index contributed by atoms with van der Waals surface area (Å²) in [5.74, 6) is 10.5. The minimum atomic E-state index is 0.0112. The zero-order valence-corrected chi connectivity index (χ0v) is 6.86. The van der Waals surface area contributed by atoms with Crippen molar-refractivity contribution in [2.75, 3.05) is 5.73 Å². The minimum absolute atomic E-state index is 0.0112. The molecule has 0 heterocycles. The molecule has 0 spiro atoms. The number of anilines is 1. The number of hydrogen-bond donors (Lipinski definition) is 5. The first kappa shape index (κ1) is 9.14. The van der Waals surface area contributed by atoms with Crippen molar-refractivity contribution in [3.05, 3.63) is 23.8 Å². The van der Waals surface area contributed by atoms with Crippen molar-refractivity contribution in [1.29, 1.82) is 0 Å². The largest absolute Gasteiger partial charge is 0.506 e. The summed E-state index contributed by atoms with van der Waals surface area (Å²) in [6.07, 6.45) is 0. The number of nitrogens with one attached hydrogen (secondary N) is 1. The minimum Gasteiger partial charge on any atom is -0.506 e. The van der Waals surface area contributed by atoms with Crippen LogP contribution in [-0.2, 0) is 0 Å². The number of nitrogens with two attached hydrogens (primary N) is 3. The van der Waals surface area contributed by atoms with Gasteiger partial charge >= 0.3 is 0 Å². The highest BCUT2D eigenvalue weighted by molar-refractivity contribution is 5.99. The zero-order chi connectivity index (χ0) is 9.84. The molecule has 0 saturated heterocycles. The van der Waals surface area contributed by atoms with Crippen LogP contribution in [0.4, 0.5) is 5.69 Å². The molecular weight excluding hydrogens is 170 g/mol. The summed E-state index contributed by atoms with van der Waals surface area (Å²) in [7, 11) is 0. The maximum Gasteiger partial charge on any atom is 0.166 e. The molecule has 6 nitrogen and oxygen atoms in total. The Balaban J connectivity index is 3.10. The fourth-order valence-corrected chi connectivity index (χ4v) is 0.897. The molecule has 70 valence electrons. The van der Waals surface area contributed by atoms with Gasteiger partial charge in [-0.05, 0) is 18.2 Å². The molecule has 0 amide bonds. The normalized spacial score (nSPS) is 11.3. The van der Waals surface area contributed by atoms with Gasteiger partial charge in [0.15, 0.2) is 5.84 Å². The average Bonchev–Trinajstić information content (AvgIpc) is 2.13. The van der Waals surface area contributed by atoms with Crippen molar-refractivity contribution in [2.45, 2.75) is 0 Å². The van der Waals surface area contributed by atoms with Crippen LogP contribution in [0, 0.1) is 0 Å². The van der Waals surface area contributed by atoms with E-state index in [1.165, 1.54) is 12.1 Å². The maximum atomic E-state index is 9.12. The number of hydrazine groups is 1. The number of hydrogen-bond acceptors (Lipinski definition) is 5. The van der Waals surface area contributed by atoms with E-state index in [0.29, 0.717) is 11.4 Å². The van der Waals surface area contributed by atoms with Crippen LogP contribution in [0.2, 0.25) is 0 Å². The smallest absolute Gasteiger partial charge is 0.166 e. The van der Waals surface area contributed by atoms with Crippen LogP contribution in [0.25, 0.3) is 0 Å². The lowest BCUT2D eigenvalue weighted by Gasteiger charge is -2.05. The van der Waals surface area contributed by atoms with Crippen molar-refractivity contribution >= 4 is 11.5 Å². The first-order chi connectivity index (χ1) is 6.19. The molecule has 13 heavy (non-hydrogen) atoms. The Kier molecular flexibility index (Phi) is 2.56. The summed E-state index contributed by atoms with van der Waals surface area (Å²) in [4.78, 5) is 0. The van der Waals surface area contributed by atoms with Gasteiger partial charge in [0.25, 0.3) is 0 Å². The molecule has 0 radical (unpaired) electrons. The number of benzene rings is 1. The molecule has 1 rings (SSSR count). The molecule has 8 N–H and O–H groups in total. The molecule has 1 aromatic rings. The van der Waals surface area contributed by atoms with Crippen LogP contribution in [0.1, 0.15) is 5.56 Å². The fourth-order valence-electron chi connectivity index (χ4n) is 0.897. The Hall–Kier alpha value is -1.95. The third-order valence-corrected chi connectivity index (χ3v) is 1.57. The number of phenols is 1. The topological polar surface area (TPSA) is 123 Å². The number of rotatable bonds is 1. The fraction of sp³-hybridized carbons (Fsp3) is 0. The molecule has 0 unspecified atom stereocenters. The average molecular weight is 181 g/mol. The Labute approximate surface area is 75.0 Å². The molecule has 0 atom stereocenters. The molecule has 1 aromatic carbocycles. The molecule has 0 saturated carbocycles. The van der Waals surface area contributed by atoms with E-state index in [2.05, 4.69) is 10.5 Å². The summed E-state index contributed by atoms with van der Waals surface area (Å²) in [5, 5.41) is 12.5. The molecule has 0 aromatic heterocycles. The van der Waals surface area contributed by atoms with Crippen LogP contribution < -0.4 is 22.8 Å². The number of nitrogen functional groups attached to an aromatic ring is 1. The van der Waals surface area contributed by atoms with Gasteiger partial charge in [0, 0.05) is 5.56 Å². The van der Waals surface area contributed by atoms with Gasteiger partial charge in [-0.2, -0.15) is 5.10 Å². The summed E-state index contributed by atoms with van der Waals surface area (Å²) < 4.78 is 0. The quantitative estimate of drug-likeness (QED) is 0.0955. The molecule has 0 aliphatic carbocycles. The van der Waals surface area contributed by atoms with Crippen molar-refractivity contribution in [1.82, 2.24) is 5.43 Å². The van der Waals surface area contributed by atoms with E-state index < -0.39 is 0 Å². The number of aromatic hydroxyl groups is 1. The third-order valence-electron chi connectivity index (χ3n) is 1.57. The second-order valence-electron chi connectivity index (χ2n) is 2.40. The first-order valence-electron chi connectivity index (χ1n) is 3.52. The second kappa shape index (κ2) is 3.63. The standard InChI is InChI=1S/C7H11N5O/c8-5-3-4(1-2-6(5)13)7(11-9)12-10/h1-3,13H,8-10H2,(H,11,12). The van der Waals surface area contributed by atoms with Gasteiger partial charge in [-0.25, -0.2) is 5.84 Å². The number of amidine groups is 1. The Morgan fingerprint density at radius 1 is 1.46 bits per heavy atom. The monoisotopic (exact) mass is 181 g/mol. The van der Waals surface area contributed by atoms with Gasteiger partial charge in [0.2, 0.25) is 0 Å². The van der Waals surface area contributed by atoms with E-state index in [1.807, 2.05) is 0 Å². The first-order valence-corrected chi connectivity index (χ1v) is 3.52. The molecule has 0 aliphatic heterocycles. The Morgan fingerprint density at radius 3 is 2.62 bits per heavy atom. The number of nitrogens with zero attached hydrogens (tertiary/aromatic N) is 1. The summed E-state index contributed by atoms with van der Waals surface area (Å²) in [6, 6.07) is 4.55. The predicted octanol–water partition coefficient (Wildman–Crippen LogP) is -0.942. The van der Waals surface area contributed by atoms with Crippen LogP contribution >= 0.6 is 0 Å². The lowest BCUT2D eigenvalue weighted by molar-refractivity contribution is 0.478. The lowest BCUT2D eigenvalue weighted by Crippen LogP contribution is -2.32.